The van der Waals surface area contributed by atoms with Crippen molar-refractivity contribution in [2.24, 2.45) is 0 Å². The van der Waals surface area contributed by atoms with Crippen molar-refractivity contribution in [3.63, 3.8) is 0 Å². The molecule has 1 atom stereocenters. The summed E-state index contributed by atoms with van der Waals surface area (Å²) in [7, 11) is 1.81. The Labute approximate surface area is 125 Å². The van der Waals surface area contributed by atoms with Crippen LogP contribution in [0.3, 0.4) is 0 Å². The van der Waals surface area contributed by atoms with Gasteiger partial charge >= 0.3 is 0 Å². The minimum Gasteiger partial charge on any atom is -0.489 e. The summed E-state index contributed by atoms with van der Waals surface area (Å²) in [4.78, 5) is 0. The van der Waals surface area contributed by atoms with Crippen LogP contribution in [0.4, 0.5) is 0 Å². The Hall–Kier alpha value is -0.970. The van der Waals surface area contributed by atoms with Crippen LogP contribution in [-0.2, 0) is 0 Å². The van der Waals surface area contributed by atoms with Crippen molar-refractivity contribution in [2.45, 2.75) is 32.3 Å². The third kappa shape index (κ3) is 3.03. The topological polar surface area (TPSA) is 50.7 Å². The molecule has 1 aliphatic rings. The molecule has 0 aromatic heterocycles. The highest BCUT2D eigenvalue weighted by atomic mass is 35.5. The van der Waals surface area contributed by atoms with Crippen LogP contribution in [0, 0.1) is 0 Å². The molecule has 4 nitrogen and oxygen atoms in total. The molecule has 1 aliphatic heterocycles. The lowest BCUT2D eigenvalue weighted by molar-refractivity contribution is 0.175. The number of aliphatic hydroxyl groups is 1. The summed E-state index contributed by atoms with van der Waals surface area (Å²) in [5.74, 6) is 1.51. The fraction of sp³-hybridized carbons (Fsp3) is 0.600. The molecule has 20 heavy (non-hydrogen) atoms. The summed E-state index contributed by atoms with van der Waals surface area (Å²) in [6.45, 7) is 5.83. The van der Waals surface area contributed by atoms with Crippen molar-refractivity contribution >= 4 is 11.6 Å². The number of halogens is 1. The molecule has 2 N–H and O–H groups in total. The number of hydrogen-bond donors (Lipinski definition) is 2. The van der Waals surface area contributed by atoms with E-state index in [9.17, 15) is 5.11 Å². The van der Waals surface area contributed by atoms with Gasteiger partial charge in [0, 0.05) is 18.5 Å². The van der Waals surface area contributed by atoms with Crippen LogP contribution >= 0.6 is 11.6 Å². The van der Waals surface area contributed by atoms with Crippen LogP contribution in [0.25, 0.3) is 0 Å². The average Bonchev–Trinajstić information content (AvgIpc) is 2.64. The quantitative estimate of drug-likeness (QED) is 0.897. The number of likely N-dealkylation sites (N-methyl/N-ethyl adjacent to an activating group) is 1. The lowest BCUT2D eigenvalue weighted by Crippen LogP contribution is -2.19. The van der Waals surface area contributed by atoms with Gasteiger partial charge in [-0.05, 0) is 24.6 Å². The third-order valence-corrected chi connectivity index (χ3v) is 3.66. The maximum Gasteiger partial charge on any atom is 0.180 e. The van der Waals surface area contributed by atoms with Crippen LogP contribution in [0.1, 0.15) is 43.4 Å². The zero-order chi connectivity index (χ0) is 14.7. The summed E-state index contributed by atoms with van der Waals surface area (Å²) in [6, 6.07) is 1.80. The fourth-order valence-corrected chi connectivity index (χ4v) is 2.76. The third-order valence-electron chi connectivity index (χ3n) is 3.38. The van der Waals surface area contributed by atoms with E-state index in [1.807, 2.05) is 7.05 Å². The zero-order valence-corrected chi connectivity index (χ0v) is 13.0. The second-order valence-electron chi connectivity index (χ2n) is 5.30. The predicted molar refractivity (Wildman–Crippen MR) is 80.0 cm³/mol. The molecular weight excluding hydrogens is 278 g/mol. The first-order valence-electron chi connectivity index (χ1n) is 7.00. The summed E-state index contributed by atoms with van der Waals surface area (Å²) in [5, 5.41) is 13.8. The molecule has 0 saturated heterocycles. The Morgan fingerprint density at radius 3 is 2.55 bits per heavy atom. The van der Waals surface area contributed by atoms with Gasteiger partial charge in [0.1, 0.15) is 0 Å². The second-order valence-corrected chi connectivity index (χ2v) is 5.71. The Morgan fingerprint density at radius 2 is 1.95 bits per heavy atom. The molecule has 0 radical (unpaired) electrons. The van der Waals surface area contributed by atoms with E-state index in [2.05, 4.69) is 19.2 Å². The summed E-state index contributed by atoms with van der Waals surface area (Å²) in [5.41, 5.74) is 1.79. The van der Waals surface area contributed by atoms with Gasteiger partial charge in [-0.3, -0.25) is 0 Å². The minimum absolute atomic E-state index is 0.212. The molecule has 0 aliphatic carbocycles. The largest absolute Gasteiger partial charge is 0.489 e. The first kappa shape index (κ1) is 15.4. The smallest absolute Gasteiger partial charge is 0.180 e. The molecule has 112 valence electrons. The van der Waals surface area contributed by atoms with Crippen LogP contribution in [0.2, 0.25) is 5.02 Å². The standard InChI is InChI=1S/C15H22ClNO3/c1-9(2)13-10(12(18)8-17-3)7-11(16)14-15(13)20-6-4-5-19-14/h7,9,12,17-18H,4-6,8H2,1-3H3. The van der Waals surface area contributed by atoms with Crippen LogP contribution in [-0.4, -0.2) is 31.9 Å². The number of nitrogens with one attached hydrogen (secondary N) is 1. The zero-order valence-electron chi connectivity index (χ0n) is 12.2. The van der Waals surface area contributed by atoms with Gasteiger partial charge in [-0.25, -0.2) is 0 Å². The van der Waals surface area contributed by atoms with Gasteiger partial charge in [0.15, 0.2) is 11.5 Å². The molecule has 1 heterocycles. The highest BCUT2D eigenvalue weighted by Crippen LogP contribution is 2.46. The maximum absolute atomic E-state index is 10.3. The molecule has 0 bridgehead atoms. The van der Waals surface area contributed by atoms with Crippen LogP contribution < -0.4 is 14.8 Å². The lowest BCUT2D eigenvalue weighted by atomic mass is 9.92. The van der Waals surface area contributed by atoms with E-state index in [0.29, 0.717) is 36.3 Å². The van der Waals surface area contributed by atoms with E-state index in [1.165, 1.54) is 0 Å². The summed E-state index contributed by atoms with van der Waals surface area (Å²) in [6.07, 6.45) is 0.212. The van der Waals surface area contributed by atoms with Gasteiger partial charge in [0.05, 0.1) is 24.3 Å². The Balaban J connectivity index is 2.57. The van der Waals surface area contributed by atoms with Crippen LogP contribution in [0.15, 0.2) is 6.07 Å². The number of fused-ring (bicyclic) bond motifs is 1. The number of rotatable bonds is 4. The molecular formula is C15H22ClNO3. The highest BCUT2D eigenvalue weighted by Gasteiger charge is 2.26. The maximum atomic E-state index is 10.3. The van der Waals surface area contributed by atoms with Crippen molar-refractivity contribution in [3.05, 3.63) is 22.2 Å². The molecule has 1 unspecified atom stereocenters. The fourth-order valence-electron chi connectivity index (χ4n) is 2.50. The molecule has 5 heteroatoms. The van der Waals surface area contributed by atoms with Gasteiger partial charge in [0.2, 0.25) is 0 Å². The van der Waals surface area contributed by atoms with Crippen LogP contribution in [0.5, 0.6) is 11.5 Å². The molecule has 0 saturated carbocycles. The van der Waals surface area contributed by atoms with E-state index >= 15 is 0 Å². The molecule has 0 fully saturated rings. The van der Waals surface area contributed by atoms with Crippen molar-refractivity contribution in [3.8, 4) is 11.5 Å². The van der Waals surface area contributed by atoms with Gasteiger partial charge in [-0.2, -0.15) is 0 Å². The van der Waals surface area contributed by atoms with Gasteiger partial charge in [-0.1, -0.05) is 25.4 Å². The number of ether oxygens (including phenoxy) is 2. The van der Waals surface area contributed by atoms with E-state index < -0.39 is 6.10 Å². The van der Waals surface area contributed by atoms with E-state index in [1.54, 1.807) is 6.07 Å². The van der Waals surface area contributed by atoms with Crippen molar-refractivity contribution in [1.29, 1.82) is 0 Å². The summed E-state index contributed by atoms with van der Waals surface area (Å²) >= 11 is 6.30. The predicted octanol–water partition coefficient (Wildman–Crippen LogP) is 2.88. The lowest BCUT2D eigenvalue weighted by Gasteiger charge is -2.23. The molecule has 0 amide bonds. The summed E-state index contributed by atoms with van der Waals surface area (Å²) < 4.78 is 11.6. The molecule has 0 spiro atoms. The Morgan fingerprint density at radius 1 is 1.30 bits per heavy atom. The van der Waals surface area contributed by atoms with E-state index in [4.69, 9.17) is 21.1 Å². The Bertz CT molecular complexity index is 477. The van der Waals surface area contributed by atoms with Gasteiger partial charge in [0.25, 0.3) is 0 Å². The van der Waals surface area contributed by atoms with E-state index in [0.717, 1.165) is 17.5 Å². The average molecular weight is 300 g/mol. The molecule has 1 aromatic rings. The van der Waals surface area contributed by atoms with Crippen molar-refractivity contribution in [2.75, 3.05) is 26.8 Å². The monoisotopic (exact) mass is 299 g/mol. The van der Waals surface area contributed by atoms with Gasteiger partial charge in [-0.15, -0.1) is 0 Å². The first-order chi connectivity index (χ1) is 9.56. The number of aliphatic hydroxyl groups excluding tert-OH is 1. The first-order valence-corrected chi connectivity index (χ1v) is 7.38. The minimum atomic E-state index is -0.618. The molecule has 1 aromatic carbocycles. The Kier molecular flexibility index (Phi) is 5.13. The highest BCUT2D eigenvalue weighted by molar-refractivity contribution is 6.32. The number of benzene rings is 1. The van der Waals surface area contributed by atoms with Crippen molar-refractivity contribution < 1.29 is 14.6 Å². The van der Waals surface area contributed by atoms with Crippen molar-refractivity contribution in [1.82, 2.24) is 5.32 Å². The SMILES string of the molecule is CNCC(O)c1cc(Cl)c2c(c1C(C)C)OCCCO2. The van der Waals surface area contributed by atoms with E-state index in [-0.39, 0.29) is 5.92 Å². The molecule has 2 rings (SSSR count). The number of hydrogen-bond acceptors (Lipinski definition) is 4. The normalized spacial score (nSPS) is 16.1. The second kappa shape index (κ2) is 6.66. The van der Waals surface area contributed by atoms with Gasteiger partial charge < -0.3 is 19.9 Å².